The van der Waals surface area contributed by atoms with Crippen LogP contribution < -0.4 is 10.2 Å². The molecule has 4 nitrogen and oxygen atoms in total. The fraction of sp³-hybridized carbons (Fsp3) is 0.812. The number of piperazine rings is 1. The first-order valence-corrected chi connectivity index (χ1v) is 8.78. The van der Waals surface area contributed by atoms with Crippen LogP contribution in [0.5, 0.6) is 0 Å². The lowest BCUT2D eigenvalue weighted by atomic mass is 10.1. The van der Waals surface area contributed by atoms with E-state index in [9.17, 15) is 0 Å². The number of aromatic nitrogens is 1. The average Bonchev–Trinajstić information content (AvgIpc) is 2.77. The van der Waals surface area contributed by atoms with E-state index in [0.717, 1.165) is 26.2 Å². The molecular weight excluding hydrogens is 280 g/mol. The van der Waals surface area contributed by atoms with Gasteiger partial charge in [-0.3, -0.25) is 4.90 Å². The van der Waals surface area contributed by atoms with E-state index in [1.54, 1.807) is 0 Å². The molecule has 1 aliphatic rings. The van der Waals surface area contributed by atoms with Crippen molar-refractivity contribution < 1.29 is 0 Å². The number of rotatable bonds is 4. The Morgan fingerprint density at radius 1 is 1.33 bits per heavy atom. The quantitative estimate of drug-likeness (QED) is 0.926. The third kappa shape index (κ3) is 4.41. The highest BCUT2D eigenvalue weighted by Gasteiger charge is 2.25. The molecule has 1 aliphatic heterocycles. The van der Waals surface area contributed by atoms with Gasteiger partial charge in [0.2, 0.25) is 0 Å². The summed E-state index contributed by atoms with van der Waals surface area (Å²) in [5.41, 5.74) is 1.33. The Morgan fingerprint density at radius 2 is 2.05 bits per heavy atom. The predicted octanol–water partition coefficient (Wildman–Crippen LogP) is 2.87. The second-order valence-corrected chi connectivity index (χ2v) is 8.16. The molecular formula is C16H30N4S. The summed E-state index contributed by atoms with van der Waals surface area (Å²) in [4.78, 5) is 11.1. The molecule has 2 heterocycles. The summed E-state index contributed by atoms with van der Waals surface area (Å²) in [6, 6.07) is 0.652. The van der Waals surface area contributed by atoms with E-state index in [-0.39, 0.29) is 5.54 Å². The molecule has 1 unspecified atom stereocenters. The number of likely N-dealkylation sites (N-methyl/N-ethyl adjacent to an activating group) is 1. The second kappa shape index (κ2) is 6.63. The highest BCUT2D eigenvalue weighted by Crippen LogP contribution is 2.28. The summed E-state index contributed by atoms with van der Waals surface area (Å²) < 4.78 is 0. The standard InChI is InChI=1S/C16H30N4S/c1-7-13-11-20(9-8-19(13)6)15-18-12(2)14(21-15)10-17-16(3,4)5/h13,17H,7-11H2,1-6H3. The van der Waals surface area contributed by atoms with Crippen LogP contribution >= 0.6 is 11.3 Å². The molecule has 1 saturated heterocycles. The Hall–Kier alpha value is -0.650. The summed E-state index contributed by atoms with van der Waals surface area (Å²) in [7, 11) is 2.23. The topological polar surface area (TPSA) is 31.4 Å². The molecule has 0 amide bonds. The summed E-state index contributed by atoms with van der Waals surface area (Å²) in [6.45, 7) is 15.3. The minimum atomic E-state index is 0.151. The molecule has 1 aromatic heterocycles. The van der Waals surface area contributed by atoms with Gasteiger partial charge in [-0.05, 0) is 41.2 Å². The summed E-state index contributed by atoms with van der Waals surface area (Å²) >= 11 is 1.85. The number of aryl methyl sites for hydroxylation is 1. The second-order valence-electron chi connectivity index (χ2n) is 7.10. The number of nitrogens with zero attached hydrogens (tertiary/aromatic N) is 3. The lowest BCUT2D eigenvalue weighted by Crippen LogP contribution is -2.51. The van der Waals surface area contributed by atoms with Gasteiger partial charge >= 0.3 is 0 Å². The summed E-state index contributed by atoms with van der Waals surface area (Å²) in [5, 5.41) is 4.76. The molecule has 0 aliphatic carbocycles. The fourth-order valence-corrected chi connectivity index (χ4v) is 3.65. The van der Waals surface area contributed by atoms with Crippen LogP contribution in [0.25, 0.3) is 0 Å². The van der Waals surface area contributed by atoms with Crippen LogP contribution in [0.1, 0.15) is 44.7 Å². The van der Waals surface area contributed by atoms with Crippen LogP contribution in [0.3, 0.4) is 0 Å². The van der Waals surface area contributed by atoms with Crippen molar-refractivity contribution in [2.75, 3.05) is 31.6 Å². The monoisotopic (exact) mass is 310 g/mol. The Balaban J connectivity index is 2.04. The number of anilines is 1. The van der Waals surface area contributed by atoms with Gasteiger partial charge in [0.25, 0.3) is 0 Å². The van der Waals surface area contributed by atoms with Crippen molar-refractivity contribution in [3.05, 3.63) is 10.6 Å². The van der Waals surface area contributed by atoms with Crippen molar-refractivity contribution >= 4 is 16.5 Å². The third-order valence-electron chi connectivity index (χ3n) is 4.18. The molecule has 1 aromatic rings. The van der Waals surface area contributed by atoms with Gasteiger partial charge in [-0.25, -0.2) is 4.98 Å². The number of nitrogens with one attached hydrogen (secondary N) is 1. The molecule has 120 valence electrons. The van der Waals surface area contributed by atoms with Crippen molar-refractivity contribution in [2.24, 2.45) is 0 Å². The van der Waals surface area contributed by atoms with Gasteiger partial charge in [0.15, 0.2) is 5.13 Å². The van der Waals surface area contributed by atoms with E-state index in [1.165, 1.54) is 22.1 Å². The van der Waals surface area contributed by atoms with Gasteiger partial charge in [-0.2, -0.15) is 0 Å². The third-order valence-corrected chi connectivity index (χ3v) is 5.40. The van der Waals surface area contributed by atoms with Crippen LogP contribution in [-0.4, -0.2) is 48.1 Å². The zero-order valence-corrected chi connectivity index (χ0v) is 15.2. The molecule has 0 bridgehead atoms. The Morgan fingerprint density at radius 3 is 2.67 bits per heavy atom. The summed E-state index contributed by atoms with van der Waals surface area (Å²) in [6.07, 6.45) is 1.20. The zero-order chi connectivity index (χ0) is 15.6. The lowest BCUT2D eigenvalue weighted by Gasteiger charge is -2.39. The number of hydrogen-bond donors (Lipinski definition) is 1. The Bertz CT molecular complexity index is 463. The van der Waals surface area contributed by atoms with Gasteiger partial charge < -0.3 is 10.2 Å². The van der Waals surface area contributed by atoms with Gasteiger partial charge in [-0.1, -0.05) is 6.92 Å². The predicted molar refractivity (Wildman–Crippen MR) is 92.4 cm³/mol. The number of hydrogen-bond acceptors (Lipinski definition) is 5. The zero-order valence-electron chi connectivity index (χ0n) is 14.4. The van der Waals surface area contributed by atoms with Crippen molar-refractivity contribution in [2.45, 2.75) is 59.2 Å². The molecule has 0 aromatic carbocycles. The first kappa shape index (κ1) is 16.7. The lowest BCUT2D eigenvalue weighted by molar-refractivity contribution is 0.213. The minimum absolute atomic E-state index is 0.151. The normalized spacial score (nSPS) is 21.0. The first-order valence-electron chi connectivity index (χ1n) is 7.96. The molecule has 0 saturated carbocycles. The van der Waals surface area contributed by atoms with Crippen LogP contribution in [0.15, 0.2) is 0 Å². The van der Waals surface area contributed by atoms with Crippen LogP contribution in [0.4, 0.5) is 5.13 Å². The van der Waals surface area contributed by atoms with Crippen LogP contribution in [0, 0.1) is 6.92 Å². The molecule has 0 spiro atoms. The van der Waals surface area contributed by atoms with Crippen molar-refractivity contribution in [3.8, 4) is 0 Å². The van der Waals surface area contributed by atoms with Crippen LogP contribution in [-0.2, 0) is 6.54 Å². The van der Waals surface area contributed by atoms with Gasteiger partial charge in [-0.15, -0.1) is 11.3 Å². The van der Waals surface area contributed by atoms with E-state index < -0.39 is 0 Å². The smallest absolute Gasteiger partial charge is 0.185 e. The Kier molecular flexibility index (Phi) is 5.28. The highest BCUT2D eigenvalue weighted by atomic mass is 32.1. The van der Waals surface area contributed by atoms with Gasteiger partial charge in [0, 0.05) is 42.6 Å². The van der Waals surface area contributed by atoms with Crippen molar-refractivity contribution in [1.29, 1.82) is 0 Å². The molecule has 1 fully saturated rings. The fourth-order valence-electron chi connectivity index (χ4n) is 2.62. The highest BCUT2D eigenvalue weighted by molar-refractivity contribution is 7.15. The van der Waals surface area contributed by atoms with E-state index >= 15 is 0 Å². The van der Waals surface area contributed by atoms with Crippen molar-refractivity contribution in [1.82, 2.24) is 15.2 Å². The molecule has 0 radical (unpaired) electrons. The van der Waals surface area contributed by atoms with Crippen molar-refractivity contribution in [3.63, 3.8) is 0 Å². The molecule has 2 rings (SSSR count). The molecule has 5 heteroatoms. The molecule has 1 N–H and O–H groups in total. The van der Waals surface area contributed by atoms with E-state index in [2.05, 4.69) is 56.8 Å². The molecule has 1 atom stereocenters. The maximum atomic E-state index is 4.81. The maximum Gasteiger partial charge on any atom is 0.185 e. The minimum Gasteiger partial charge on any atom is -0.345 e. The van der Waals surface area contributed by atoms with Crippen LogP contribution in [0.2, 0.25) is 0 Å². The van der Waals surface area contributed by atoms with Gasteiger partial charge in [0.05, 0.1) is 5.69 Å². The van der Waals surface area contributed by atoms with Gasteiger partial charge in [0.1, 0.15) is 0 Å². The Labute approximate surface area is 133 Å². The van der Waals surface area contributed by atoms with E-state index in [0.29, 0.717) is 6.04 Å². The summed E-state index contributed by atoms with van der Waals surface area (Å²) in [5.74, 6) is 0. The SMILES string of the molecule is CCC1CN(c2nc(C)c(CNC(C)(C)C)s2)CCN1C. The first-order chi connectivity index (χ1) is 9.80. The van der Waals surface area contributed by atoms with E-state index in [4.69, 9.17) is 4.98 Å². The molecule has 21 heavy (non-hydrogen) atoms. The maximum absolute atomic E-state index is 4.81. The number of thiazole rings is 1. The largest absolute Gasteiger partial charge is 0.345 e. The van der Waals surface area contributed by atoms with E-state index in [1.807, 2.05) is 11.3 Å². The average molecular weight is 311 g/mol.